The van der Waals surface area contributed by atoms with Crippen LogP contribution in [0.2, 0.25) is 5.02 Å². The predicted octanol–water partition coefficient (Wildman–Crippen LogP) is 0.746. The number of aryl methyl sites for hydroxylation is 1. The first-order valence-electron chi connectivity index (χ1n) is 5.66. The van der Waals surface area contributed by atoms with Gasteiger partial charge in [-0.25, -0.2) is 4.68 Å². The zero-order valence-electron chi connectivity index (χ0n) is 10.6. The molecule has 7 heteroatoms. The third-order valence-electron chi connectivity index (χ3n) is 2.91. The number of amides is 1. The van der Waals surface area contributed by atoms with Gasteiger partial charge in [-0.1, -0.05) is 31.9 Å². The second-order valence-electron chi connectivity index (χ2n) is 4.21. The van der Waals surface area contributed by atoms with E-state index < -0.39 is 17.5 Å². The van der Waals surface area contributed by atoms with E-state index in [-0.39, 0.29) is 10.9 Å². The van der Waals surface area contributed by atoms with Gasteiger partial charge in [0, 0.05) is 7.05 Å². The minimum Gasteiger partial charge on any atom is -0.371 e. The molecule has 1 rings (SSSR count). The van der Waals surface area contributed by atoms with E-state index in [2.05, 4.69) is 10.4 Å². The number of nitrogens with one attached hydrogen (secondary N) is 1. The van der Waals surface area contributed by atoms with Crippen LogP contribution in [-0.2, 0) is 11.8 Å². The van der Waals surface area contributed by atoms with E-state index in [1.54, 1.807) is 0 Å². The molecular weight excluding hydrogens is 256 g/mol. The number of carbonyl (C=O) groups excluding carboxylic acids is 1. The van der Waals surface area contributed by atoms with Gasteiger partial charge in [0.15, 0.2) is 0 Å². The molecule has 2 atom stereocenters. The molecule has 0 aliphatic heterocycles. The van der Waals surface area contributed by atoms with Gasteiger partial charge in [0.05, 0.1) is 11.9 Å². The number of aromatic nitrogens is 2. The van der Waals surface area contributed by atoms with Crippen molar-refractivity contribution in [3.63, 3.8) is 0 Å². The van der Waals surface area contributed by atoms with Crippen LogP contribution in [0.1, 0.15) is 20.3 Å². The molecule has 1 heterocycles. The fourth-order valence-electron chi connectivity index (χ4n) is 1.51. The van der Waals surface area contributed by atoms with Crippen LogP contribution in [0.15, 0.2) is 11.0 Å². The minimum atomic E-state index is -0.582. The van der Waals surface area contributed by atoms with E-state index in [4.69, 9.17) is 17.3 Å². The molecule has 0 saturated heterocycles. The van der Waals surface area contributed by atoms with Gasteiger partial charge in [-0.05, 0) is 5.92 Å². The number of hydrogen-bond acceptors (Lipinski definition) is 4. The van der Waals surface area contributed by atoms with Gasteiger partial charge >= 0.3 is 0 Å². The molecule has 6 nitrogen and oxygen atoms in total. The molecule has 0 aliphatic carbocycles. The van der Waals surface area contributed by atoms with Gasteiger partial charge in [0.2, 0.25) is 5.91 Å². The van der Waals surface area contributed by atoms with Gasteiger partial charge < -0.3 is 11.1 Å². The number of nitrogens with two attached hydrogens (primary N) is 1. The molecule has 0 bridgehead atoms. The van der Waals surface area contributed by atoms with Crippen LogP contribution in [0.3, 0.4) is 0 Å². The lowest BCUT2D eigenvalue weighted by Gasteiger charge is -2.22. The highest BCUT2D eigenvalue weighted by atomic mass is 35.5. The molecule has 0 spiro atoms. The van der Waals surface area contributed by atoms with Crippen molar-refractivity contribution in [1.82, 2.24) is 9.78 Å². The van der Waals surface area contributed by atoms with Crippen molar-refractivity contribution in [3.05, 3.63) is 21.6 Å². The third-order valence-corrected chi connectivity index (χ3v) is 3.27. The maximum Gasteiger partial charge on any atom is 0.287 e. The van der Waals surface area contributed by atoms with Crippen molar-refractivity contribution >= 4 is 23.2 Å². The van der Waals surface area contributed by atoms with Crippen molar-refractivity contribution in [1.29, 1.82) is 0 Å². The van der Waals surface area contributed by atoms with E-state index in [9.17, 15) is 9.59 Å². The van der Waals surface area contributed by atoms with Gasteiger partial charge in [-0.15, -0.1) is 0 Å². The van der Waals surface area contributed by atoms with Crippen molar-refractivity contribution in [2.75, 3.05) is 5.32 Å². The SMILES string of the molecule is CC[C@H](C)[C@H](Nc1cnn(C)c(=O)c1Cl)C(N)=O. The standard InChI is InChI=1S/C11H17ClN4O2/c1-4-6(2)9(10(13)17)15-7-5-14-16(3)11(18)8(7)12/h5-6,9,15H,4H2,1-3H3,(H2,13,17)/t6-,9-/m0/s1. The van der Waals surface area contributed by atoms with Crippen LogP contribution in [0.5, 0.6) is 0 Å². The molecule has 1 aromatic heterocycles. The van der Waals surface area contributed by atoms with Crippen LogP contribution in [-0.4, -0.2) is 21.7 Å². The Kier molecular flexibility index (Phi) is 4.72. The summed E-state index contributed by atoms with van der Waals surface area (Å²) in [6.45, 7) is 3.84. The monoisotopic (exact) mass is 272 g/mol. The van der Waals surface area contributed by atoms with Gasteiger partial charge in [0.1, 0.15) is 11.1 Å². The number of primary amides is 1. The summed E-state index contributed by atoms with van der Waals surface area (Å²) in [4.78, 5) is 23.0. The van der Waals surface area contributed by atoms with E-state index in [1.807, 2.05) is 13.8 Å². The van der Waals surface area contributed by atoms with Crippen LogP contribution in [0, 0.1) is 5.92 Å². The number of hydrogen-bond donors (Lipinski definition) is 2. The Morgan fingerprint density at radius 1 is 1.67 bits per heavy atom. The van der Waals surface area contributed by atoms with E-state index >= 15 is 0 Å². The highest BCUT2D eigenvalue weighted by molar-refractivity contribution is 6.33. The Hall–Kier alpha value is -1.56. The Balaban J connectivity index is 3.05. The minimum absolute atomic E-state index is 0.00190. The predicted molar refractivity (Wildman–Crippen MR) is 70.5 cm³/mol. The Labute approximate surface area is 110 Å². The first kappa shape index (κ1) is 14.5. The summed E-state index contributed by atoms with van der Waals surface area (Å²) in [5, 5.41) is 6.73. The first-order chi connectivity index (χ1) is 8.38. The number of nitrogens with zero attached hydrogens (tertiary/aromatic N) is 2. The van der Waals surface area contributed by atoms with Crippen LogP contribution in [0.25, 0.3) is 0 Å². The first-order valence-corrected chi connectivity index (χ1v) is 6.03. The second kappa shape index (κ2) is 5.86. The van der Waals surface area contributed by atoms with Gasteiger partial charge in [-0.2, -0.15) is 5.10 Å². The highest BCUT2D eigenvalue weighted by Gasteiger charge is 2.23. The van der Waals surface area contributed by atoms with Crippen LogP contribution in [0.4, 0.5) is 5.69 Å². The van der Waals surface area contributed by atoms with Crippen molar-refractivity contribution in [2.45, 2.75) is 26.3 Å². The molecule has 1 amide bonds. The van der Waals surface area contributed by atoms with Crippen molar-refractivity contribution < 1.29 is 4.79 Å². The molecule has 0 aromatic carbocycles. The number of carbonyl (C=O) groups is 1. The lowest BCUT2D eigenvalue weighted by atomic mass is 9.98. The second-order valence-corrected chi connectivity index (χ2v) is 4.59. The Morgan fingerprint density at radius 3 is 2.78 bits per heavy atom. The zero-order chi connectivity index (χ0) is 13.9. The fourth-order valence-corrected chi connectivity index (χ4v) is 1.73. The molecule has 0 unspecified atom stereocenters. The smallest absolute Gasteiger partial charge is 0.287 e. The lowest BCUT2D eigenvalue weighted by molar-refractivity contribution is -0.119. The zero-order valence-corrected chi connectivity index (χ0v) is 11.4. The van der Waals surface area contributed by atoms with Crippen molar-refractivity contribution in [3.8, 4) is 0 Å². The summed E-state index contributed by atoms with van der Waals surface area (Å²) < 4.78 is 1.12. The number of anilines is 1. The normalized spacial score (nSPS) is 14.0. The quantitative estimate of drug-likeness (QED) is 0.827. The maximum atomic E-state index is 11.6. The summed E-state index contributed by atoms with van der Waals surface area (Å²) in [6.07, 6.45) is 2.18. The maximum absolute atomic E-state index is 11.6. The molecule has 0 aliphatic rings. The largest absolute Gasteiger partial charge is 0.371 e. The van der Waals surface area contributed by atoms with E-state index in [0.29, 0.717) is 5.69 Å². The molecule has 0 radical (unpaired) electrons. The number of rotatable bonds is 5. The summed E-state index contributed by atoms with van der Waals surface area (Å²) in [7, 11) is 1.50. The van der Waals surface area contributed by atoms with Crippen molar-refractivity contribution in [2.24, 2.45) is 18.7 Å². The molecule has 0 fully saturated rings. The molecule has 3 N–H and O–H groups in total. The molecule has 18 heavy (non-hydrogen) atoms. The summed E-state index contributed by atoms with van der Waals surface area (Å²) in [5.74, 6) is -0.455. The topological polar surface area (TPSA) is 90.0 Å². The molecule has 1 aromatic rings. The Bertz CT molecular complexity index is 500. The van der Waals surface area contributed by atoms with Crippen LogP contribution < -0.4 is 16.6 Å². The summed E-state index contributed by atoms with van der Waals surface area (Å²) >= 11 is 5.91. The fraction of sp³-hybridized carbons (Fsp3) is 0.545. The number of halogens is 1. The summed E-state index contributed by atoms with van der Waals surface area (Å²) in [5.41, 5.74) is 5.23. The lowest BCUT2D eigenvalue weighted by Crippen LogP contribution is -2.41. The summed E-state index contributed by atoms with van der Waals surface area (Å²) in [6, 6.07) is -0.582. The van der Waals surface area contributed by atoms with E-state index in [1.165, 1.54) is 13.2 Å². The average molecular weight is 273 g/mol. The highest BCUT2D eigenvalue weighted by Crippen LogP contribution is 2.19. The van der Waals surface area contributed by atoms with Gasteiger partial charge in [0.25, 0.3) is 5.56 Å². The molecular formula is C11H17ClN4O2. The Morgan fingerprint density at radius 2 is 2.28 bits per heavy atom. The van der Waals surface area contributed by atoms with Gasteiger partial charge in [-0.3, -0.25) is 9.59 Å². The average Bonchev–Trinajstić information content (AvgIpc) is 2.34. The molecule has 100 valence electrons. The van der Waals surface area contributed by atoms with E-state index in [0.717, 1.165) is 11.1 Å². The molecule has 0 saturated carbocycles. The third kappa shape index (κ3) is 3.01. The van der Waals surface area contributed by atoms with Crippen LogP contribution >= 0.6 is 11.6 Å².